The average Bonchev–Trinajstić information content (AvgIpc) is 2.92. The molecule has 22 heavy (non-hydrogen) atoms. The first kappa shape index (κ1) is 16.1. The van der Waals surface area contributed by atoms with Crippen LogP contribution in [0.3, 0.4) is 0 Å². The second-order valence-corrected chi connectivity index (χ2v) is 5.81. The first-order valence-corrected chi connectivity index (χ1v) is 7.70. The topological polar surface area (TPSA) is 41.4 Å². The van der Waals surface area contributed by atoms with Crippen LogP contribution in [0.25, 0.3) is 0 Å². The maximum Gasteiger partial charge on any atom is 0.191 e. The van der Waals surface area contributed by atoms with Crippen LogP contribution in [0.2, 0.25) is 0 Å². The normalized spacial score (nSPS) is 13.0. The number of guanidine groups is 1. The quantitative estimate of drug-likeness (QED) is 0.658. The summed E-state index contributed by atoms with van der Waals surface area (Å²) in [5.74, 6) is 1.28. The number of nitrogens with one attached hydrogen (secondary N) is 2. The van der Waals surface area contributed by atoms with Gasteiger partial charge in [-0.05, 0) is 30.0 Å². The third-order valence-electron chi connectivity index (χ3n) is 3.76. The second-order valence-electron chi connectivity index (χ2n) is 5.81. The summed E-state index contributed by atoms with van der Waals surface area (Å²) in [6.45, 7) is 5.99. The maximum absolute atomic E-state index is 4.28. The largest absolute Gasteiger partial charge is 0.357 e. The molecule has 1 heterocycles. The smallest absolute Gasteiger partial charge is 0.191 e. The number of aryl methyl sites for hydroxylation is 2. The molecule has 0 saturated carbocycles. The number of hydrogen-bond acceptors (Lipinski definition) is 1. The molecule has 2 aromatic rings. The van der Waals surface area contributed by atoms with Gasteiger partial charge in [-0.15, -0.1) is 0 Å². The van der Waals surface area contributed by atoms with Crippen LogP contribution in [-0.2, 0) is 13.6 Å². The van der Waals surface area contributed by atoms with Crippen molar-refractivity contribution in [2.45, 2.75) is 26.3 Å². The van der Waals surface area contributed by atoms with Gasteiger partial charge >= 0.3 is 0 Å². The zero-order valence-corrected chi connectivity index (χ0v) is 13.9. The van der Waals surface area contributed by atoms with Crippen molar-refractivity contribution in [1.82, 2.24) is 15.2 Å². The lowest BCUT2D eigenvalue weighted by atomic mass is 9.99. The molecule has 0 aliphatic rings. The van der Waals surface area contributed by atoms with Gasteiger partial charge in [-0.1, -0.05) is 36.8 Å². The van der Waals surface area contributed by atoms with E-state index >= 15 is 0 Å². The summed E-state index contributed by atoms with van der Waals surface area (Å²) in [7, 11) is 3.83. The third kappa shape index (κ3) is 4.65. The minimum atomic E-state index is 0.440. The summed E-state index contributed by atoms with van der Waals surface area (Å²) in [4.78, 5) is 4.28. The molecule has 118 valence electrons. The monoisotopic (exact) mass is 298 g/mol. The minimum absolute atomic E-state index is 0.440. The molecular formula is C18H26N4. The predicted octanol–water partition coefficient (Wildman–Crippen LogP) is 2.80. The number of rotatable bonds is 5. The molecule has 0 aliphatic carbocycles. The molecule has 1 aromatic heterocycles. The fourth-order valence-electron chi connectivity index (χ4n) is 2.42. The number of aliphatic imine (C=N–C) groups is 1. The highest BCUT2D eigenvalue weighted by atomic mass is 15.2. The summed E-state index contributed by atoms with van der Waals surface area (Å²) in [6, 6.07) is 10.8. The van der Waals surface area contributed by atoms with Gasteiger partial charge in [0.1, 0.15) is 0 Å². The van der Waals surface area contributed by atoms with Gasteiger partial charge in [-0.25, -0.2) is 0 Å². The van der Waals surface area contributed by atoms with Crippen molar-refractivity contribution in [3.05, 3.63) is 59.4 Å². The maximum atomic E-state index is 4.28. The molecule has 4 nitrogen and oxygen atoms in total. The number of aromatic nitrogens is 1. The van der Waals surface area contributed by atoms with Gasteiger partial charge < -0.3 is 15.2 Å². The van der Waals surface area contributed by atoms with E-state index in [1.807, 2.05) is 17.8 Å². The molecule has 2 N–H and O–H groups in total. The molecule has 4 heteroatoms. The lowest BCUT2D eigenvalue weighted by molar-refractivity contribution is 0.698. The number of benzene rings is 1. The Balaban J connectivity index is 1.83. The minimum Gasteiger partial charge on any atom is -0.357 e. The lowest BCUT2D eigenvalue weighted by Gasteiger charge is -2.16. The van der Waals surface area contributed by atoms with E-state index in [-0.39, 0.29) is 0 Å². The van der Waals surface area contributed by atoms with E-state index in [1.165, 1.54) is 16.7 Å². The Bertz CT molecular complexity index is 628. The van der Waals surface area contributed by atoms with E-state index in [2.05, 4.69) is 66.0 Å². The van der Waals surface area contributed by atoms with Crippen molar-refractivity contribution in [3.63, 3.8) is 0 Å². The Hall–Kier alpha value is -2.23. The van der Waals surface area contributed by atoms with E-state index in [0.717, 1.165) is 19.0 Å². The molecular weight excluding hydrogens is 272 g/mol. The van der Waals surface area contributed by atoms with Crippen LogP contribution in [0.1, 0.15) is 29.5 Å². The molecule has 1 atom stereocenters. The Kier molecular flexibility index (Phi) is 5.64. The van der Waals surface area contributed by atoms with Crippen LogP contribution in [0.5, 0.6) is 0 Å². The van der Waals surface area contributed by atoms with E-state index in [4.69, 9.17) is 0 Å². The molecule has 0 saturated heterocycles. The van der Waals surface area contributed by atoms with Crippen molar-refractivity contribution in [1.29, 1.82) is 0 Å². The molecule has 0 spiro atoms. The van der Waals surface area contributed by atoms with Crippen molar-refractivity contribution in [2.75, 3.05) is 13.6 Å². The molecule has 0 aliphatic heterocycles. The van der Waals surface area contributed by atoms with Crippen molar-refractivity contribution in [2.24, 2.45) is 12.0 Å². The fraction of sp³-hybridized carbons (Fsp3) is 0.389. The summed E-state index contributed by atoms with van der Waals surface area (Å²) < 4.78 is 2.05. The van der Waals surface area contributed by atoms with Gasteiger partial charge in [-0.3, -0.25) is 4.99 Å². The van der Waals surface area contributed by atoms with Crippen LogP contribution in [-0.4, -0.2) is 24.1 Å². The highest BCUT2D eigenvalue weighted by Gasteiger charge is 2.07. The molecule has 0 bridgehead atoms. The Morgan fingerprint density at radius 1 is 1.27 bits per heavy atom. The fourth-order valence-corrected chi connectivity index (χ4v) is 2.42. The Morgan fingerprint density at radius 3 is 2.73 bits per heavy atom. The summed E-state index contributed by atoms with van der Waals surface area (Å²) in [5, 5.41) is 6.74. The highest BCUT2D eigenvalue weighted by Crippen LogP contribution is 2.15. The van der Waals surface area contributed by atoms with E-state index in [0.29, 0.717) is 5.92 Å². The molecule has 1 unspecified atom stereocenters. The van der Waals surface area contributed by atoms with E-state index in [1.54, 1.807) is 7.05 Å². The first-order valence-electron chi connectivity index (χ1n) is 7.70. The predicted molar refractivity (Wildman–Crippen MR) is 93.2 cm³/mol. The van der Waals surface area contributed by atoms with Crippen molar-refractivity contribution < 1.29 is 0 Å². The van der Waals surface area contributed by atoms with E-state index in [9.17, 15) is 0 Å². The summed E-state index contributed by atoms with van der Waals surface area (Å²) in [6.07, 6.45) is 4.16. The van der Waals surface area contributed by atoms with Gasteiger partial charge in [-0.2, -0.15) is 0 Å². The Labute approximate surface area is 133 Å². The number of nitrogens with zero attached hydrogens (tertiary/aromatic N) is 2. The van der Waals surface area contributed by atoms with Crippen molar-refractivity contribution >= 4 is 5.96 Å². The molecule has 1 aromatic carbocycles. The van der Waals surface area contributed by atoms with E-state index < -0.39 is 0 Å². The van der Waals surface area contributed by atoms with Crippen LogP contribution in [0.4, 0.5) is 0 Å². The summed E-state index contributed by atoms with van der Waals surface area (Å²) >= 11 is 0. The van der Waals surface area contributed by atoms with Crippen LogP contribution in [0.15, 0.2) is 47.7 Å². The second kappa shape index (κ2) is 7.69. The van der Waals surface area contributed by atoms with Gasteiger partial charge in [0.15, 0.2) is 5.96 Å². The van der Waals surface area contributed by atoms with Gasteiger partial charge in [0.05, 0.1) is 0 Å². The first-order chi connectivity index (χ1) is 10.6. The molecule has 0 radical (unpaired) electrons. The van der Waals surface area contributed by atoms with Gasteiger partial charge in [0.2, 0.25) is 0 Å². The highest BCUT2D eigenvalue weighted by molar-refractivity contribution is 5.79. The third-order valence-corrected chi connectivity index (χ3v) is 3.76. The van der Waals surface area contributed by atoms with Crippen molar-refractivity contribution in [3.8, 4) is 0 Å². The Morgan fingerprint density at radius 2 is 2.09 bits per heavy atom. The number of hydrogen-bond donors (Lipinski definition) is 2. The molecule has 2 rings (SSSR count). The zero-order valence-electron chi connectivity index (χ0n) is 13.9. The summed E-state index contributed by atoms with van der Waals surface area (Å²) in [5.41, 5.74) is 3.90. The average molecular weight is 298 g/mol. The lowest BCUT2D eigenvalue weighted by Crippen LogP contribution is -2.38. The standard InChI is InChI=1S/C18H26N4/c1-14-6-5-7-17(10-14)15(2)11-20-18(19-3)21-12-16-8-9-22(4)13-16/h5-10,13,15H,11-12H2,1-4H3,(H2,19,20,21). The van der Waals surface area contributed by atoms with Crippen LogP contribution >= 0.6 is 0 Å². The van der Waals surface area contributed by atoms with Gasteiger partial charge in [0.25, 0.3) is 0 Å². The van der Waals surface area contributed by atoms with Crippen LogP contribution < -0.4 is 10.6 Å². The molecule has 0 amide bonds. The van der Waals surface area contributed by atoms with Gasteiger partial charge in [0, 0.05) is 39.6 Å². The van der Waals surface area contributed by atoms with Crippen LogP contribution in [0, 0.1) is 6.92 Å². The zero-order chi connectivity index (χ0) is 15.9. The SMILES string of the molecule is CN=C(NCc1ccn(C)c1)NCC(C)c1cccc(C)c1. The molecule has 0 fully saturated rings.